The van der Waals surface area contributed by atoms with E-state index < -0.39 is 0 Å². The van der Waals surface area contributed by atoms with Crippen LogP contribution in [0.5, 0.6) is 0 Å². The van der Waals surface area contributed by atoms with Crippen LogP contribution in [-0.2, 0) is 4.74 Å². The van der Waals surface area contributed by atoms with Gasteiger partial charge in [-0.1, -0.05) is 35.2 Å². The fraction of sp³-hybridized carbons (Fsp3) is 0.500. The van der Waals surface area contributed by atoms with Crippen LogP contribution in [0.15, 0.2) is 40.9 Å². The molecule has 1 amide bonds. The highest BCUT2D eigenvalue weighted by atomic mass is 16.5. The molecule has 30 heavy (non-hydrogen) atoms. The van der Waals surface area contributed by atoms with Gasteiger partial charge < -0.3 is 14.6 Å². The summed E-state index contributed by atoms with van der Waals surface area (Å²) >= 11 is 0. The largest absolute Gasteiger partial charge is 0.367 e. The molecule has 156 valence electrons. The van der Waals surface area contributed by atoms with Crippen molar-refractivity contribution in [1.82, 2.24) is 15.4 Å². The topological polar surface area (TPSA) is 67.6 Å². The number of aromatic nitrogens is 1. The van der Waals surface area contributed by atoms with Crippen molar-refractivity contribution in [3.8, 4) is 11.8 Å². The second-order valence-corrected chi connectivity index (χ2v) is 8.56. The summed E-state index contributed by atoms with van der Waals surface area (Å²) in [5.41, 5.74) is 1.40. The number of rotatable bonds is 7. The van der Waals surface area contributed by atoms with Crippen molar-refractivity contribution in [1.29, 1.82) is 0 Å². The first kappa shape index (κ1) is 19.3. The zero-order valence-corrected chi connectivity index (χ0v) is 17.0. The van der Waals surface area contributed by atoms with Gasteiger partial charge in [-0.15, -0.1) is 0 Å². The van der Waals surface area contributed by atoms with E-state index in [1.807, 2.05) is 30.3 Å². The van der Waals surface area contributed by atoms with Gasteiger partial charge in [0.15, 0.2) is 5.69 Å². The maximum atomic E-state index is 12.6. The predicted octanol–water partition coefficient (Wildman–Crippen LogP) is 2.96. The van der Waals surface area contributed by atoms with Gasteiger partial charge in [-0.05, 0) is 44.2 Å². The number of amides is 1. The van der Waals surface area contributed by atoms with Crippen LogP contribution in [0.25, 0.3) is 0 Å². The highest BCUT2D eigenvalue weighted by molar-refractivity contribution is 5.92. The number of nitrogens with zero attached hydrogens (tertiary/aromatic N) is 2. The van der Waals surface area contributed by atoms with Crippen molar-refractivity contribution in [2.24, 2.45) is 0 Å². The van der Waals surface area contributed by atoms with Crippen LogP contribution in [0.3, 0.4) is 0 Å². The average molecular weight is 405 g/mol. The van der Waals surface area contributed by atoms with E-state index in [0.717, 1.165) is 37.1 Å². The second kappa shape index (κ2) is 8.63. The van der Waals surface area contributed by atoms with Gasteiger partial charge in [0.1, 0.15) is 12.4 Å². The summed E-state index contributed by atoms with van der Waals surface area (Å²) in [7, 11) is 0. The van der Waals surface area contributed by atoms with E-state index in [4.69, 9.17) is 9.26 Å². The Bertz CT molecular complexity index is 937. The lowest BCUT2D eigenvalue weighted by atomic mass is 10.1. The van der Waals surface area contributed by atoms with Crippen LogP contribution >= 0.6 is 0 Å². The molecule has 0 spiro atoms. The number of ether oxygens (including phenoxy) is 1. The van der Waals surface area contributed by atoms with Gasteiger partial charge in [0.2, 0.25) is 0 Å². The highest BCUT2D eigenvalue weighted by Crippen LogP contribution is 2.40. The molecule has 2 heterocycles. The standard InChI is InChI=1S/C24H27N3O3/c28-24(22-14-23(30-26-22)18-8-9-18)25-19-13-21(27(15-19)20-10-11-20)16-29-12-4-7-17-5-2-1-3-6-17/h1-3,5-6,14,18-21H,8-13,15-16H2,(H,25,28). The third-order valence-electron chi connectivity index (χ3n) is 6.04. The molecule has 0 radical (unpaired) electrons. The number of carbonyl (C=O) groups is 1. The number of hydrogen-bond acceptors (Lipinski definition) is 5. The molecule has 3 aliphatic rings. The SMILES string of the molecule is O=C(NC1CC(COCC#Cc2ccccc2)N(C2CC2)C1)c1cc(C2CC2)on1. The summed E-state index contributed by atoms with van der Waals surface area (Å²) in [4.78, 5) is 15.1. The second-order valence-electron chi connectivity index (χ2n) is 8.56. The number of likely N-dealkylation sites (tertiary alicyclic amines) is 1. The average Bonchev–Trinajstić information content (AvgIpc) is 3.70. The smallest absolute Gasteiger partial charge is 0.273 e. The van der Waals surface area contributed by atoms with E-state index >= 15 is 0 Å². The van der Waals surface area contributed by atoms with Gasteiger partial charge >= 0.3 is 0 Å². The lowest BCUT2D eigenvalue weighted by Crippen LogP contribution is -2.38. The van der Waals surface area contributed by atoms with E-state index in [1.165, 1.54) is 12.8 Å². The van der Waals surface area contributed by atoms with Crippen LogP contribution in [0, 0.1) is 11.8 Å². The zero-order valence-electron chi connectivity index (χ0n) is 17.0. The maximum absolute atomic E-state index is 12.6. The first-order chi connectivity index (χ1) is 14.8. The molecule has 1 N–H and O–H groups in total. The molecule has 1 saturated heterocycles. The van der Waals surface area contributed by atoms with Crippen molar-refractivity contribution in [3.63, 3.8) is 0 Å². The van der Waals surface area contributed by atoms with E-state index in [1.54, 1.807) is 6.07 Å². The first-order valence-electron chi connectivity index (χ1n) is 10.9. The van der Waals surface area contributed by atoms with Crippen LogP contribution in [0.4, 0.5) is 0 Å². The third-order valence-corrected chi connectivity index (χ3v) is 6.04. The minimum Gasteiger partial charge on any atom is -0.367 e. The van der Waals surface area contributed by atoms with Crippen LogP contribution in [0.1, 0.15) is 59.8 Å². The number of hydrogen-bond donors (Lipinski definition) is 1. The summed E-state index contributed by atoms with van der Waals surface area (Å²) < 4.78 is 11.2. The van der Waals surface area contributed by atoms with Crippen molar-refractivity contribution in [3.05, 3.63) is 53.4 Å². The molecule has 6 nitrogen and oxygen atoms in total. The molecule has 1 aromatic carbocycles. The van der Waals surface area contributed by atoms with Crippen molar-refractivity contribution >= 4 is 5.91 Å². The fourth-order valence-corrected chi connectivity index (χ4v) is 4.19. The van der Waals surface area contributed by atoms with Gasteiger partial charge in [-0.25, -0.2) is 0 Å². The van der Waals surface area contributed by atoms with Gasteiger partial charge in [0.25, 0.3) is 5.91 Å². The van der Waals surface area contributed by atoms with E-state index in [0.29, 0.717) is 36.9 Å². The van der Waals surface area contributed by atoms with E-state index in [2.05, 4.69) is 27.2 Å². The number of benzene rings is 1. The van der Waals surface area contributed by atoms with Gasteiger partial charge in [-0.3, -0.25) is 9.69 Å². The molecule has 2 aliphatic carbocycles. The van der Waals surface area contributed by atoms with Crippen LogP contribution in [0.2, 0.25) is 0 Å². The summed E-state index contributed by atoms with van der Waals surface area (Å²) in [5, 5.41) is 7.11. The summed E-state index contributed by atoms with van der Waals surface area (Å²) in [6.45, 7) is 1.93. The zero-order chi connectivity index (χ0) is 20.3. The first-order valence-corrected chi connectivity index (χ1v) is 10.9. The minimum atomic E-state index is -0.137. The molecule has 2 aromatic rings. The lowest BCUT2D eigenvalue weighted by Gasteiger charge is -2.23. The molecular formula is C24H27N3O3. The minimum absolute atomic E-state index is 0.114. The van der Waals surface area contributed by atoms with Crippen LogP contribution in [-0.4, -0.2) is 53.8 Å². The molecule has 2 atom stereocenters. The Kier molecular flexibility index (Phi) is 5.56. The molecule has 1 aliphatic heterocycles. The highest BCUT2D eigenvalue weighted by Gasteiger charge is 2.41. The quantitative estimate of drug-likeness (QED) is 0.567. The monoisotopic (exact) mass is 405 g/mol. The molecule has 5 rings (SSSR count). The molecule has 2 unspecified atom stereocenters. The Morgan fingerprint density at radius 1 is 1.23 bits per heavy atom. The number of nitrogens with one attached hydrogen (secondary N) is 1. The van der Waals surface area contributed by atoms with Crippen molar-refractivity contribution < 1.29 is 14.1 Å². The van der Waals surface area contributed by atoms with Gasteiger partial charge in [0.05, 0.1) is 6.61 Å². The van der Waals surface area contributed by atoms with Gasteiger partial charge in [0, 0.05) is 42.2 Å². The predicted molar refractivity (Wildman–Crippen MR) is 112 cm³/mol. The molecule has 1 aromatic heterocycles. The molecule has 0 bridgehead atoms. The number of carbonyl (C=O) groups excluding carboxylic acids is 1. The normalized spacial score (nSPS) is 23.7. The Morgan fingerprint density at radius 2 is 2.07 bits per heavy atom. The fourth-order valence-electron chi connectivity index (χ4n) is 4.19. The Balaban J connectivity index is 1.12. The van der Waals surface area contributed by atoms with Gasteiger partial charge in [-0.2, -0.15) is 0 Å². The molecule has 6 heteroatoms. The Morgan fingerprint density at radius 3 is 2.83 bits per heavy atom. The van der Waals surface area contributed by atoms with Crippen molar-refractivity contribution in [2.75, 3.05) is 19.8 Å². The van der Waals surface area contributed by atoms with E-state index in [-0.39, 0.29) is 11.9 Å². The van der Waals surface area contributed by atoms with Crippen LogP contribution < -0.4 is 5.32 Å². The molecule has 2 saturated carbocycles. The summed E-state index contributed by atoms with van der Waals surface area (Å²) in [5.74, 6) is 7.37. The Labute approximate surface area is 176 Å². The summed E-state index contributed by atoms with van der Waals surface area (Å²) in [6.07, 6.45) is 5.62. The van der Waals surface area contributed by atoms with Crippen molar-refractivity contribution in [2.45, 2.75) is 56.1 Å². The summed E-state index contributed by atoms with van der Waals surface area (Å²) in [6, 6.07) is 12.8. The Hall–Kier alpha value is -2.62. The molecule has 3 fully saturated rings. The third kappa shape index (κ3) is 4.75. The van der Waals surface area contributed by atoms with E-state index in [9.17, 15) is 4.79 Å². The maximum Gasteiger partial charge on any atom is 0.273 e. The lowest BCUT2D eigenvalue weighted by molar-refractivity contribution is 0.0928. The molecular weight excluding hydrogens is 378 g/mol.